The van der Waals surface area contributed by atoms with Crippen molar-refractivity contribution in [1.82, 2.24) is 9.88 Å². The number of nitrogens with zero attached hydrogens (tertiary/aromatic N) is 2. The number of carboxylic acids is 1. The molecule has 1 heterocycles. The highest BCUT2D eigenvalue weighted by atomic mass is 19.3. The highest BCUT2D eigenvalue weighted by Crippen LogP contribution is 2.08. The number of carbonyl (C=O) groups is 2. The van der Waals surface area contributed by atoms with Crippen LogP contribution in [0, 0.1) is 0 Å². The van der Waals surface area contributed by atoms with Crippen LogP contribution in [-0.2, 0) is 0 Å². The van der Waals surface area contributed by atoms with E-state index in [-0.39, 0.29) is 17.8 Å². The van der Waals surface area contributed by atoms with Gasteiger partial charge in [-0.25, -0.2) is 18.6 Å². The zero-order valence-corrected chi connectivity index (χ0v) is 10.3. The summed E-state index contributed by atoms with van der Waals surface area (Å²) in [6.07, 6.45) is -0.972. The molecule has 1 N–H and O–H groups in total. The van der Waals surface area contributed by atoms with Crippen LogP contribution >= 0.6 is 0 Å². The number of aromatic carboxylic acids is 1. The Bertz CT molecular complexity index is 449. The number of carboxylic acid groups (broad SMARTS) is 1. The molecule has 0 spiro atoms. The van der Waals surface area contributed by atoms with Crippen LogP contribution in [0.15, 0.2) is 18.3 Å². The maximum Gasteiger partial charge on any atom is 0.354 e. The summed E-state index contributed by atoms with van der Waals surface area (Å²) in [5.41, 5.74) is -0.105. The lowest BCUT2D eigenvalue weighted by molar-refractivity contribution is 0.0554. The van der Waals surface area contributed by atoms with E-state index in [2.05, 4.69) is 4.98 Å². The molecule has 7 heteroatoms. The summed E-state index contributed by atoms with van der Waals surface area (Å²) in [5, 5.41) is 8.67. The summed E-state index contributed by atoms with van der Waals surface area (Å²) in [7, 11) is 0. The molecular formula is C12H14F2N2O3. The molecule has 104 valence electrons. The van der Waals surface area contributed by atoms with Crippen molar-refractivity contribution in [3.8, 4) is 0 Å². The van der Waals surface area contributed by atoms with Gasteiger partial charge in [0.2, 0.25) is 0 Å². The van der Waals surface area contributed by atoms with Crippen molar-refractivity contribution in [2.75, 3.05) is 13.1 Å². The topological polar surface area (TPSA) is 70.5 Å². The lowest BCUT2D eigenvalue weighted by Gasteiger charge is -2.21. The molecule has 0 fully saturated rings. The van der Waals surface area contributed by atoms with Crippen LogP contribution in [-0.4, -0.2) is 46.4 Å². The van der Waals surface area contributed by atoms with Crippen LogP contribution in [0.2, 0.25) is 0 Å². The molecule has 1 amide bonds. The van der Waals surface area contributed by atoms with Crippen LogP contribution in [0.25, 0.3) is 0 Å². The fourth-order valence-electron chi connectivity index (χ4n) is 1.54. The largest absolute Gasteiger partial charge is 0.477 e. The summed E-state index contributed by atoms with van der Waals surface area (Å²) in [6.45, 7) is 1.34. The summed E-state index contributed by atoms with van der Waals surface area (Å²) < 4.78 is 24.7. The molecule has 0 radical (unpaired) electrons. The van der Waals surface area contributed by atoms with Gasteiger partial charge in [-0.1, -0.05) is 6.92 Å². The first-order valence-electron chi connectivity index (χ1n) is 5.72. The molecule has 0 aromatic carbocycles. The van der Waals surface area contributed by atoms with Crippen LogP contribution in [0.4, 0.5) is 8.78 Å². The smallest absolute Gasteiger partial charge is 0.354 e. The molecule has 0 aliphatic carbocycles. The lowest BCUT2D eigenvalue weighted by atomic mass is 10.2. The molecule has 0 saturated carbocycles. The summed E-state index contributed by atoms with van der Waals surface area (Å²) in [5.74, 6) is -1.79. The number of halogens is 2. The van der Waals surface area contributed by atoms with Crippen LogP contribution in [0.1, 0.15) is 34.2 Å². The Labute approximate surface area is 108 Å². The Morgan fingerprint density at radius 1 is 1.42 bits per heavy atom. The molecule has 0 atom stereocenters. The van der Waals surface area contributed by atoms with Crippen molar-refractivity contribution >= 4 is 11.9 Å². The van der Waals surface area contributed by atoms with Crippen LogP contribution in [0.3, 0.4) is 0 Å². The predicted octanol–water partition coefficient (Wildman–Crippen LogP) is 1.90. The second-order valence-corrected chi connectivity index (χ2v) is 3.88. The first kappa shape index (κ1) is 15.0. The van der Waals surface area contributed by atoms with E-state index in [1.54, 1.807) is 6.92 Å². The van der Waals surface area contributed by atoms with Gasteiger partial charge in [0.1, 0.15) is 5.69 Å². The second-order valence-electron chi connectivity index (χ2n) is 3.88. The Hall–Kier alpha value is -2.05. The van der Waals surface area contributed by atoms with Gasteiger partial charge in [0.15, 0.2) is 0 Å². The summed E-state index contributed by atoms with van der Waals surface area (Å²) in [4.78, 5) is 27.2. The Kier molecular flexibility index (Phi) is 5.35. The third kappa shape index (κ3) is 4.27. The molecular weight excluding hydrogens is 258 g/mol. The number of amides is 1. The summed E-state index contributed by atoms with van der Waals surface area (Å²) >= 11 is 0. The Balaban J connectivity index is 2.86. The van der Waals surface area contributed by atoms with Crippen molar-refractivity contribution in [3.63, 3.8) is 0 Å². The van der Waals surface area contributed by atoms with Gasteiger partial charge in [-0.15, -0.1) is 0 Å². The van der Waals surface area contributed by atoms with E-state index < -0.39 is 24.8 Å². The van der Waals surface area contributed by atoms with E-state index in [4.69, 9.17) is 5.11 Å². The first-order valence-corrected chi connectivity index (χ1v) is 5.72. The Morgan fingerprint density at radius 3 is 2.53 bits per heavy atom. The molecule has 0 aliphatic rings. The molecule has 0 unspecified atom stereocenters. The van der Waals surface area contributed by atoms with Gasteiger partial charge in [0.05, 0.1) is 12.1 Å². The average Bonchev–Trinajstić information content (AvgIpc) is 2.37. The molecule has 19 heavy (non-hydrogen) atoms. The van der Waals surface area contributed by atoms with Crippen molar-refractivity contribution in [3.05, 3.63) is 29.6 Å². The highest BCUT2D eigenvalue weighted by Gasteiger charge is 2.19. The van der Waals surface area contributed by atoms with Crippen LogP contribution in [0.5, 0.6) is 0 Å². The number of alkyl halides is 2. The van der Waals surface area contributed by atoms with Crippen molar-refractivity contribution in [2.45, 2.75) is 19.8 Å². The number of carbonyl (C=O) groups excluding carboxylic acids is 1. The van der Waals surface area contributed by atoms with E-state index in [0.29, 0.717) is 6.42 Å². The predicted molar refractivity (Wildman–Crippen MR) is 63.4 cm³/mol. The maximum absolute atomic E-state index is 12.4. The molecule has 0 saturated heterocycles. The lowest BCUT2D eigenvalue weighted by Crippen LogP contribution is -2.35. The van der Waals surface area contributed by atoms with Crippen LogP contribution < -0.4 is 0 Å². The van der Waals surface area contributed by atoms with Gasteiger partial charge in [-0.2, -0.15) is 0 Å². The van der Waals surface area contributed by atoms with E-state index in [1.165, 1.54) is 12.1 Å². The molecule has 1 rings (SSSR count). The van der Waals surface area contributed by atoms with Gasteiger partial charge in [0, 0.05) is 12.7 Å². The fourth-order valence-corrected chi connectivity index (χ4v) is 1.54. The van der Waals surface area contributed by atoms with Gasteiger partial charge in [-0.05, 0) is 18.6 Å². The fraction of sp³-hybridized carbons (Fsp3) is 0.417. The number of aromatic nitrogens is 1. The normalized spacial score (nSPS) is 10.5. The zero-order valence-electron chi connectivity index (χ0n) is 10.3. The molecule has 1 aromatic heterocycles. The minimum Gasteiger partial charge on any atom is -0.477 e. The zero-order chi connectivity index (χ0) is 14.4. The van der Waals surface area contributed by atoms with Gasteiger partial charge in [0.25, 0.3) is 12.3 Å². The van der Waals surface area contributed by atoms with Crippen molar-refractivity contribution < 1.29 is 23.5 Å². The van der Waals surface area contributed by atoms with Crippen molar-refractivity contribution in [1.29, 1.82) is 0 Å². The van der Waals surface area contributed by atoms with E-state index >= 15 is 0 Å². The van der Waals surface area contributed by atoms with E-state index in [0.717, 1.165) is 11.1 Å². The molecule has 1 aromatic rings. The van der Waals surface area contributed by atoms with Crippen molar-refractivity contribution in [2.24, 2.45) is 0 Å². The maximum atomic E-state index is 12.4. The van der Waals surface area contributed by atoms with Gasteiger partial charge >= 0.3 is 5.97 Å². The highest BCUT2D eigenvalue weighted by molar-refractivity contribution is 5.94. The Morgan fingerprint density at radius 2 is 2.11 bits per heavy atom. The minimum absolute atomic E-state index is 0.0964. The third-order valence-corrected chi connectivity index (χ3v) is 2.37. The standard InChI is InChI=1S/C12H14F2N2O3/c1-2-5-16(7-10(13)14)11(17)8-3-4-9(12(18)19)15-6-8/h3-4,6,10H,2,5,7H2,1H3,(H,18,19). The SMILES string of the molecule is CCCN(CC(F)F)C(=O)c1ccc(C(=O)O)nc1. The third-order valence-electron chi connectivity index (χ3n) is 2.37. The van der Waals surface area contributed by atoms with Gasteiger partial charge < -0.3 is 10.0 Å². The summed E-state index contributed by atoms with van der Waals surface area (Å²) in [6, 6.07) is 2.44. The molecule has 5 nitrogen and oxygen atoms in total. The number of rotatable bonds is 6. The average molecular weight is 272 g/mol. The van der Waals surface area contributed by atoms with E-state index in [9.17, 15) is 18.4 Å². The quantitative estimate of drug-likeness (QED) is 0.858. The van der Waals surface area contributed by atoms with E-state index in [1.807, 2.05) is 0 Å². The first-order chi connectivity index (χ1) is 8.95. The van der Waals surface area contributed by atoms with Gasteiger partial charge in [-0.3, -0.25) is 4.79 Å². The number of pyridine rings is 1. The molecule has 0 aliphatic heterocycles. The monoisotopic (exact) mass is 272 g/mol. The molecule has 0 bridgehead atoms. The number of hydrogen-bond donors (Lipinski definition) is 1. The number of hydrogen-bond acceptors (Lipinski definition) is 3. The second kappa shape index (κ2) is 6.77. The minimum atomic E-state index is -2.61.